The molecule has 1 aromatic carbocycles. The number of carbonyl (C=O) groups excluding carboxylic acids is 4. The Balaban J connectivity index is 1.77. The summed E-state index contributed by atoms with van der Waals surface area (Å²) in [6.45, 7) is 2.34. The number of hydrogen-bond acceptors (Lipinski definition) is 5. The monoisotopic (exact) mass is 415 g/mol. The molecule has 0 aliphatic carbocycles. The van der Waals surface area contributed by atoms with Gasteiger partial charge in [0.25, 0.3) is 11.8 Å². The Morgan fingerprint density at radius 3 is 2.45 bits per heavy atom. The molecular formula is C18H20F3N3O5. The van der Waals surface area contributed by atoms with Crippen molar-refractivity contribution in [1.82, 2.24) is 10.2 Å². The molecule has 29 heavy (non-hydrogen) atoms. The number of imide groups is 1. The highest BCUT2D eigenvalue weighted by Gasteiger charge is 2.43. The molecule has 2 rings (SSSR count). The van der Waals surface area contributed by atoms with Crippen LogP contribution in [-0.2, 0) is 25.3 Å². The number of esters is 1. The van der Waals surface area contributed by atoms with Crippen molar-refractivity contribution in [2.24, 2.45) is 0 Å². The van der Waals surface area contributed by atoms with Crippen LogP contribution < -0.4 is 10.6 Å². The number of benzene rings is 1. The zero-order valence-electron chi connectivity index (χ0n) is 15.8. The molecule has 1 fully saturated rings. The molecule has 2 N–H and O–H groups in total. The molecule has 0 bridgehead atoms. The van der Waals surface area contributed by atoms with Gasteiger partial charge in [-0.2, -0.15) is 13.2 Å². The van der Waals surface area contributed by atoms with E-state index in [9.17, 15) is 32.3 Å². The van der Waals surface area contributed by atoms with E-state index in [0.29, 0.717) is 0 Å². The summed E-state index contributed by atoms with van der Waals surface area (Å²) in [5.41, 5.74) is -2.47. The fourth-order valence-corrected chi connectivity index (χ4v) is 2.65. The quantitative estimate of drug-likeness (QED) is 0.525. The molecule has 4 amide bonds. The number of amides is 4. The first-order chi connectivity index (χ1) is 13.4. The van der Waals surface area contributed by atoms with Crippen molar-refractivity contribution in [3.8, 4) is 0 Å². The Kier molecular flexibility index (Phi) is 6.50. The topological polar surface area (TPSA) is 105 Å². The molecule has 1 heterocycles. The minimum absolute atomic E-state index is 0.00560. The molecular weight excluding hydrogens is 395 g/mol. The third kappa shape index (κ3) is 5.69. The molecule has 11 heteroatoms. The summed E-state index contributed by atoms with van der Waals surface area (Å²) in [6, 6.07) is 3.86. The van der Waals surface area contributed by atoms with Gasteiger partial charge in [0.05, 0.1) is 11.3 Å². The molecule has 1 aliphatic heterocycles. The summed E-state index contributed by atoms with van der Waals surface area (Å²) in [6.07, 6.45) is -4.70. The number of para-hydroxylation sites is 1. The van der Waals surface area contributed by atoms with Crippen LogP contribution in [0.4, 0.5) is 23.7 Å². The summed E-state index contributed by atoms with van der Waals surface area (Å²) >= 11 is 0. The van der Waals surface area contributed by atoms with E-state index in [1.165, 1.54) is 12.1 Å². The van der Waals surface area contributed by atoms with Crippen molar-refractivity contribution < 1.29 is 37.1 Å². The Bertz CT molecular complexity index is 823. The number of carbonyl (C=O) groups is 4. The van der Waals surface area contributed by atoms with Gasteiger partial charge in [0.1, 0.15) is 5.54 Å². The minimum atomic E-state index is -4.64. The molecule has 8 nitrogen and oxygen atoms in total. The number of alkyl halides is 3. The first-order valence-corrected chi connectivity index (χ1v) is 8.67. The van der Waals surface area contributed by atoms with Crippen LogP contribution in [0.3, 0.4) is 0 Å². The zero-order valence-corrected chi connectivity index (χ0v) is 15.8. The number of rotatable bonds is 7. The third-order valence-corrected chi connectivity index (χ3v) is 4.08. The van der Waals surface area contributed by atoms with E-state index in [2.05, 4.69) is 10.6 Å². The first-order valence-electron chi connectivity index (χ1n) is 8.67. The number of urea groups is 1. The first kappa shape index (κ1) is 22.2. The van der Waals surface area contributed by atoms with E-state index in [-0.39, 0.29) is 19.4 Å². The number of halogens is 3. The van der Waals surface area contributed by atoms with Gasteiger partial charge < -0.3 is 15.4 Å². The normalized spacial score (nSPS) is 15.8. The maximum absolute atomic E-state index is 12.9. The Hall–Kier alpha value is -3.11. The largest absolute Gasteiger partial charge is 0.456 e. The van der Waals surface area contributed by atoms with E-state index in [1.807, 2.05) is 0 Å². The molecule has 1 aliphatic rings. The van der Waals surface area contributed by atoms with E-state index in [1.54, 1.807) is 13.8 Å². The highest BCUT2D eigenvalue weighted by atomic mass is 19.4. The number of nitrogens with one attached hydrogen (secondary N) is 2. The van der Waals surface area contributed by atoms with Gasteiger partial charge in [-0.05, 0) is 32.4 Å². The predicted octanol–water partition coefficient (Wildman–Crippen LogP) is 2.30. The Morgan fingerprint density at radius 1 is 1.21 bits per heavy atom. The minimum Gasteiger partial charge on any atom is -0.456 e. The number of hydrogen-bond donors (Lipinski definition) is 2. The van der Waals surface area contributed by atoms with Gasteiger partial charge in [-0.1, -0.05) is 12.1 Å². The summed E-state index contributed by atoms with van der Waals surface area (Å²) in [4.78, 5) is 48.2. The zero-order chi connectivity index (χ0) is 21.8. The lowest BCUT2D eigenvalue weighted by Crippen LogP contribution is -2.40. The summed E-state index contributed by atoms with van der Waals surface area (Å²) < 4.78 is 43.4. The van der Waals surface area contributed by atoms with Crippen LogP contribution in [0, 0.1) is 0 Å². The van der Waals surface area contributed by atoms with Crippen LogP contribution in [0.1, 0.15) is 32.3 Å². The number of anilines is 1. The van der Waals surface area contributed by atoms with Gasteiger partial charge >= 0.3 is 18.2 Å². The van der Waals surface area contributed by atoms with Gasteiger partial charge in [-0.15, -0.1) is 0 Å². The molecule has 0 spiro atoms. The van der Waals surface area contributed by atoms with Crippen molar-refractivity contribution in [2.45, 2.75) is 38.4 Å². The predicted molar refractivity (Wildman–Crippen MR) is 94.6 cm³/mol. The van der Waals surface area contributed by atoms with Crippen molar-refractivity contribution in [3.05, 3.63) is 29.8 Å². The second-order valence-corrected chi connectivity index (χ2v) is 6.87. The molecule has 0 unspecified atom stereocenters. The van der Waals surface area contributed by atoms with Crippen LogP contribution in [0.2, 0.25) is 0 Å². The standard InChI is InChI=1S/C18H20F3N3O5/c1-17(2)15(27)24(16(28)23-17)9-5-8-14(26)29-10-13(25)22-12-7-4-3-6-11(12)18(19,20)21/h3-4,6-7H,5,8-10H2,1-2H3,(H,22,25)(H,23,28). The molecule has 0 saturated carbocycles. The lowest BCUT2D eigenvalue weighted by Gasteiger charge is -2.15. The number of nitrogens with zero attached hydrogens (tertiary/aromatic N) is 1. The number of ether oxygens (including phenoxy) is 1. The van der Waals surface area contributed by atoms with Crippen LogP contribution in [0.5, 0.6) is 0 Å². The maximum atomic E-state index is 12.9. The molecule has 1 saturated heterocycles. The fraction of sp³-hybridized carbons (Fsp3) is 0.444. The summed E-state index contributed by atoms with van der Waals surface area (Å²) in [5.74, 6) is -2.12. The lowest BCUT2D eigenvalue weighted by atomic mass is 10.1. The van der Waals surface area contributed by atoms with E-state index in [4.69, 9.17) is 4.74 Å². The van der Waals surface area contributed by atoms with Crippen molar-refractivity contribution >= 4 is 29.5 Å². The van der Waals surface area contributed by atoms with Crippen molar-refractivity contribution in [1.29, 1.82) is 0 Å². The van der Waals surface area contributed by atoms with Gasteiger partial charge in [0.2, 0.25) is 0 Å². The van der Waals surface area contributed by atoms with Gasteiger partial charge in [-0.3, -0.25) is 19.3 Å². The molecule has 1 aromatic rings. The van der Waals surface area contributed by atoms with E-state index >= 15 is 0 Å². The highest BCUT2D eigenvalue weighted by molar-refractivity contribution is 6.06. The average molecular weight is 415 g/mol. The summed E-state index contributed by atoms with van der Waals surface area (Å²) in [5, 5.41) is 4.55. The third-order valence-electron chi connectivity index (χ3n) is 4.08. The second kappa shape index (κ2) is 8.50. The molecule has 0 atom stereocenters. The Morgan fingerprint density at radius 2 is 1.86 bits per heavy atom. The summed E-state index contributed by atoms with van der Waals surface area (Å²) in [7, 11) is 0. The van der Waals surface area contributed by atoms with Crippen LogP contribution in [0.15, 0.2) is 24.3 Å². The van der Waals surface area contributed by atoms with Crippen LogP contribution in [0.25, 0.3) is 0 Å². The van der Waals surface area contributed by atoms with Crippen LogP contribution >= 0.6 is 0 Å². The lowest BCUT2D eigenvalue weighted by molar-refractivity contribution is -0.147. The fourth-order valence-electron chi connectivity index (χ4n) is 2.65. The van der Waals surface area contributed by atoms with E-state index < -0.39 is 53.4 Å². The van der Waals surface area contributed by atoms with E-state index in [0.717, 1.165) is 17.0 Å². The average Bonchev–Trinajstić information content (AvgIpc) is 2.81. The highest BCUT2D eigenvalue weighted by Crippen LogP contribution is 2.34. The van der Waals surface area contributed by atoms with Gasteiger partial charge in [0.15, 0.2) is 6.61 Å². The maximum Gasteiger partial charge on any atom is 0.418 e. The van der Waals surface area contributed by atoms with Crippen molar-refractivity contribution in [3.63, 3.8) is 0 Å². The smallest absolute Gasteiger partial charge is 0.418 e. The van der Waals surface area contributed by atoms with Crippen LogP contribution in [-0.4, -0.2) is 47.4 Å². The SMILES string of the molecule is CC1(C)NC(=O)N(CCCC(=O)OCC(=O)Nc2ccccc2C(F)(F)F)C1=O. The molecule has 158 valence electrons. The molecule has 0 radical (unpaired) electrons. The Labute approximate surface area is 164 Å². The van der Waals surface area contributed by atoms with Gasteiger partial charge in [0, 0.05) is 13.0 Å². The molecule has 0 aromatic heterocycles. The van der Waals surface area contributed by atoms with Gasteiger partial charge in [-0.25, -0.2) is 4.79 Å². The second-order valence-electron chi connectivity index (χ2n) is 6.87. The van der Waals surface area contributed by atoms with Crippen molar-refractivity contribution in [2.75, 3.05) is 18.5 Å².